The number of aliphatic hydroxyl groups is 3. The van der Waals surface area contributed by atoms with Crippen LogP contribution in [0.1, 0.15) is 126 Å². The molecule has 30 nitrogen and oxygen atoms in total. The van der Waals surface area contributed by atoms with E-state index in [1.165, 1.54) is 66.8 Å². The Hall–Kier alpha value is -13.7. The number of likely N-dealkylation sites (N-methyl/N-ethyl adjacent to an activating group) is 1. The molecule has 666 valence electrons. The Morgan fingerprint density at radius 2 is 0.661 bits per heavy atom. The second-order valence-electron chi connectivity index (χ2n) is 32.7. The first kappa shape index (κ1) is 95.5. The van der Waals surface area contributed by atoms with Crippen LogP contribution in [0.25, 0.3) is 0 Å². The van der Waals surface area contributed by atoms with Gasteiger partial charge in [-0.2, -0.15) is 0 Å². The van der Waals surface area contributed by atoms with E-state index in [0.29, 0.717) is 0 Å². The van der Waals surface area contributed by atoms with Crippen molar-refractivity contribution in [3.63, 3.8) is 0 Å². The molecule has 30 heteroatoms. The molecular formula is C97H109N11O19. The Kier molecular flexibility index (Phi) is 34.4. The molecule has 3 aromatic heterocycles. The molecule has 127 heavy (non-hydrogen) atoms. The number of amides is 8. The summed E-state index contributed by atoms with van der Waals surface area (Å²) in [6.07, 6.45) is -0.394. The van der Waals surface area contributed by atoms with E-state index in [1.807, 2.05) is 182 Å². The van der Waals surface area contributed by atoms with Crippen LogP contribution in [-0.2, 0) is 86.4 Å². The highest BCUT2D eigenvalue weighted by atomic mass is 16.5. The number of benzene rings is 6. The number of aromatic hydroxyl groups is 3. The number of nitrogens with zero attached hydrogens (tertiary/aromatic N) is 4. The zero-order valence-corrected chi connectivity index (χ0v) is 71.6. The lowest BCUT2D eigenvalue weighted by Gasteiger charge is -2.36. The third-order valence-electron chi connectivity index (χ3n) is 23.1. The number of rotatable bonds is 18. The topological polar surface area (TPSA) is 462 Å². The predicted octanol–water partition coefficient (Wildman–Crippen LogP) is 6.61. The molecule has 3 aliphatic rings. The van der Waals surface area contributed by atoms with Gasteiger partial charge in [0.15, 0.2) is 40.5 Å². The smallest absolute Gasteiger partial charge is 0.312 e. The van der Waals surface area contributed by atoms with Crippen molar-refractivity contribution in [2.45, 2.75) is 172 Å². The van der Waals surface area contributed by atoms with Crippen molar-refractivity contribution in [3.8, 4) is 17.2 Å². The minimum Gasteiger partial charge on any atom is -0.505 e. The van der Waals surface area contributed by atoms with Crippen LogP contribution < -0.4 is 37.2 Å². The summed E-state index contributed by atoms with van der Waals surface area (Å²) in [4.78, 5) is 175. The maximum Gasteiger partial charge on any atom is 0.312 e. The zero-order chi connectivity index (χ0) is 91.5. The summed E-state index contributed by atoms with van der Waals surface area (Å²) in [7, 11) is 1.56. The van der Waals surface area contributed by atoms with Gasteiger partial charge in [-0.1, -0.05) is 217 Å². The Morgan fingerprint density at radius 1 is 0.362 bits per heavy atom. The van der Waals surface area contributed by atoms with Gasteiger partial charge >= 0.3 is 5.97 Å². The fourth-order valence-electron chi connectivity index (χ4n) is 15.6. The Balaban J connectivity index is 0.000000199. The van der Waals surface area contributed by atoms with E-state index in [1.54, 1.807) is 41.7 Å². The summed E-state index contributed by atoms with van der Waals surface area (Å²) >= 11 is 0. The molecule has 13 N–H and O–H groups in total. The molecule has 0 bridgehead atoms. The molecule has 6 heterocycles. The number of hydrogen-bond acceptors (Lipinski definition) is 22. The first-order valence-electron chi connectivity index (χ1n) is 42.2. The van der Waals surface area contributed by atoms with Crippen LogP contribution in [0.2, 0.25) is 0 Å². The van der Waals surface area contributed by atoms with Gasteiger partial charge < -0.3 is 77.5 Å². The number of pyridine rings is 3. The van der Waals surface area contributed by atoms with Gasteiger partial charge in [-0.3, -0.25) is 57.5 Å². The zero-order valence-electron chi connectivity index (χ0n) is 71.6. The van der Waals surface area contributed by atoms with E-state index in [4.69, 9.17) is 4.74 Å². The van der Waals surface area contributed by atoms with Crippen molar-refractivity contribution in [2.75, 3.05) is 7.05 Å². The largest absolute Gasteiger partial charge is 0.505 e. The average molecular weight is 1730 g/mol. The highest BCUT2D eigenvalue weighted by Crippen LogP contribution is 2.29. The van der Waals surface area contributed by atoms with Crippen LogP contribution in [0, 0.1) is 35.5 Å². The molecule has 8 amide bonds. The number of hydrogen-bond donors (Lipinski definition) is 13. The third-order valence-corrected chi connectivity index (χ3v) is 23.1. The number of esters is 1. The number of Topliss-reactive ketones (excluding diaryl/α,β-unsaturated/α-hetero) is 3. The number of aliphatic hydroxyl groups excluding tert-OH is 3. The van der Waals surface area contributed by atoms with Crippen molar-refractivity contribution in [2.24, 2.45) is 35.5 Å². The van der Waals surface area contributed by atoms with Gasteiger partial charge in [0.2, 0.25) is 29.5 Å². The fraction of sp³-hybridized carbons (Fsp3) is 0.351. The van der Waals surface area contributed by atoms with Crippen molar-refractivity contribution >= 4 is 70.6 Å². The highest BCUT2D eigenvalue weighted by molar-refractivity contribution is 6.01. The second-order valence-corrected chi connectivity index (χ2v) is 32.7. The molecule has 0 aliphatic carbocycles. The molecule has 9 aromatic rings. The maximum absolute atomic E-state index is 13.8. The molecule has 18 atom stereocenters. The van der Waals surface area contributed by atoms with Crippen molar-refractivity contribution in [3.05, 3.63) is 287 Å². The Labute approximate surface area is 736 Å². The number of cyclic esters (lactones) is 1. The van der Waals surface area contributed by atoms with Gasteiger partial charge in [0, 0.05) is 51.3 Å². The summed E-state index contributed by atoms with van der Waals surface area (Å²) in [5.74, 6) is -13.3. The SMILES string of the molecule is C[C@H]1CC(=O)C(Cc2ccccc2)N(C)C(=O)[C@H](C)[C@H](O)[C@H](Cc2ccccc2)NC(=O)[C@H]1NC(=O)c1ncccc1O.C[C@H]1CC(=O)C(Cc2ccccc2)NC(=O)[C@H](C)[C@H](O)[C@H](Cc2ccccc2)NC(=O)[C@H]1NC(=O)c1ncccc1O.C[C@H]1CC(=O)C(Cc2ccccc2)OC(=O)[C@H](C)[C@H](O)[C@H](Cc2ccccc2)NC(=O)[C@H]1NC(=O)c1ncccc1O. The molecule has 3 fully saturated rings. The molecule has 12 rings (SSSR count). The van der Waals surface area contributed by atoms with E-state index in [9.17, 15) is 88.2 Å². The molecule has 3 aliphatic heterocycles. The first-order chi connectivity index (χ1) is 60.8. The maximum atomic E-state index is 13.8. The lowest BCUT2D eigenvalue weighted by atomic mass is 9.86. The number of carbonyl (C=O) groups is 12. The van der Waals surface area contributed by atoms with Gasteiger partial charge in [0.05, 0.1) is 66.3 Å². The standard InChI is InChI=1S/C33H38N4O6.C32H36N4O6.C32H35N3O7/c1-20-17-27(39)25(19-23-13-8-5-9-14-23)37(3)33(43)21(2)30(40)24(18-22-11-6-4-7-12-22)35-31(41)28(20)36-32(42)29-26(38)15-10-16-34-29;1-19-16-26(38)23(17-21-10-5-3-6-11-21)34-30(40)20(2)29(39)24(18-22-12-7-4-8-13-22)35-31(41)27(19)36-32(42)28-25(37)14-9-15-33-28;1-19-16-25(37)26(18-22-12-7-4-8-13-22)42-32(41)20(2)29(38)23(17-21-10-5-3-6-11-21)34-30(39)27(19)35-31(40)28-24(36)14-9-15-33-28/h4-16,20-21,24-25,28,30,38,40H,17-19H2,1-3H3,(H,35,41)(H,36,42);3-15,19-20,23-24,27,29,37,39H,16-18H2,1-2H3,(H,34,40)(H,35,41)(H,36,42);3-15,19-20,23,26-27,29,36,38H,16-18H2,1-2H3,(H,34,39)(H,35,40)/t20-,21+,24-,25?,28-,30-;19-,20+,23?,24-,27-,29-;19-,20+,23-,26?,27-,29-/m000/s1. The summed E-state index contributed by atoms with van der Waals surface area (Å²) in [5, 5.41) is 83.9. The van der Waals surface area contributed by atoms with Crippen LogP contribution >= 0.6 is 0 Å². The minimum absolute atomic E-state index is 0.111. The van der Waals surface area contributed by atoms with Gasteiger partial charge in [-0.15, -0.1) is 0 Å². The Morgan fingerprint density at radius 3 is 1.01 bits per heavy atom. The van der Waals surface area contributed by atoms with E-state index in [0.717, 1.165) is 33.4 Å². The minimum atomic E-state index is -1.37. The van der Waals surface area contributed by atoms with E-state index < -0.39 is 167 Å². The predicted molar refractivity (Wildman–Crippen MR) is 468 cm³/mol. The van der Waals surface area contributed by atoms with Crippen LogP contribution in [-0.4, -0.2) is 201 Å². The van der Waals surface area contributed by atoms with E-state index in [2.05, 4.69) is 52.2 Å². The van der Waals surface area contributed by atoms with Crippen LogP contribution in [0.5, 0.6) is 17.2 Å². The lowest BCUT2D eigenvalue weighted by Crippen LogP contribution is -2.59. The molecule has 0 spiro atoms. The van der Waals surface area contributed by atoms with Gasteiger partial charge in [0.25, 0.3) is 17.7 Å². The highest BCUT2D eigenvalue weighted by Gasteiger charge is 2.44. The number of carbonyl (C=O) groups excluding carboxylic acids is 12. The average Bonchev–Trinajstić information content (AvgIpc) is 0.806. The third kappa shape index (κ3) is 26.4. The fourth-order valence-corrected chi connectivity index (χ4v) is 15.6. The second kappa shape index (κ2) is 45.8. The van der Waals surface area contributed by atoms with E-state index >= 15 is 0 Å². The van der Waals surface area contributed by atoms with Crippen molar-refractivity contribution in [1.29, 1.82) is 0 Å². The molecule has 0 radical (unpaired) electrons. The monoisotopic (exact) mass is 1730 g/mol. The Bertz CT molecular complexity index is 5050. The number of ether oxygens (including phenoxy) is 1. The quantitative estimate of drug-likeness (QED) is 0.0402. The number of ketones is 3. The molecule has 3 saturated heterocycles. The van der Waals surface area contributed by atoms with E-state index in [-0.39, 0.29) is 104 Å². The van der Waals surface area contributed by atoms with Gasteiger partial charge in [-0.25, -0.2) is 15.0 Å². The number of aromatic nitrogens is 3. The summed E-state index contributed by atoms with van der Waals surface area (Å²) < 4.78 is 5.71. The molecule has 0 saturated carbocycles. The molecule has 6 aromatic carbocycles. The summed E-state index contributed by atoms with van der Waals surface area (Å²) in [6.45, 7) is 9.55. The number of nitrogens with one attached hydrogen (secondary N) is 7. The van der Waals surface area contributed by atoms with Crippen LogP contribution in [0.3, 0.4) is 0 Å². The lowest BCUT2D eigenvalue weighted by molar-refractivity contribution is -0.163. The first-order valence-corrected chi connectivity index (χ1v) is 42.2. The van der Waals surface area contributed by atoms with Gasteiger partial charge in [-0.05, 0) is 127 Å². The summed E-state index contributed by atoms with van der Waals surface area (Å²) in [5.41, 5.74) is 4.11. The molecule has 3 unspecified atom stereocenters. The van der Waals surface area contributed by atoms with Gasteiger partial charge in [0.1, 0.15) is 35.4 Å². The van der Waals surface area contributed by atoms with Crippen molar-refractivity contribution in [1.82, 2.24) is 57.1 Å². The van der Waals surface area contributed by atoms with Crippen LogP contribution in [0.4, 0.5) is 0 Å². The normalized spacial score (nSPS) is 25.3. The van der Waals surface area contributed by atoms with Crippen molar-refractivity contribution < 1.29 is 92.9 Å². The summed E-state index contributed by atoms with van der Waals surface area (Å²) in [6, 6.07) is 55.3. The van der Waals surface area contributed by atoms with Crippen LogP contribution in [0.15, 0.2) is 237 Å². The molecular weight excluding hydrogens is 1620 g/mol.